The van der Waals surface area contributed by atoms with E-state index in [9.17, 15) is 26.3 Å². The minimum Gasteiger partial charge on any atom is -0.475 e. The number of nitrogens with two attached hydrogens (primary N) is 1. The fourth-order valence-corrected chi connectivity index (χ4v) is 1.81. The van der Waals surface area contributed by atoms with Crippen LogP contribution in [0, 0.1) is 0 Å². The van der Waals surface area contributed by atoms with Gasteiger partial charge in [-0.2, -0.15) is 31.4 Å². The monoisotopic (exact) mass is 439 g/mol. The lowest BCUT2D eigenvalue weighted by Gasteiger charge is -2.19. The molecule has 4 N–H and O–H groups in total. The van der Waals surface area contributed by atoms with Crippen molar-refractivity contribution in [1.29, 1.82) is 0 Å². The summed E-state index contributed by atoms with van der Waals surface area (Å²) >= 11 is 0. The van der Waals surface area contributed by atoms with Crippen molar-refractivity contribution in [3.63, 3.8) is 0 Å². The highest BCUT2D eigenvalue weighted by Gasteiger charge is 2.38. The average molecular weight is 439 g/mol. The maximum Gasteiger partial charge on any atom is 0.490 e. The van der Waals surface area contributed by atoms with Gasteiger partial charge in [0.25, 0.3) is 0 Å². The van der Waals surface area contributed by atoms with E-state index in [4.69, 9.17) is 35.0 Å². The summed E-state index contributed by atoms with van der Waals surface area (Å²) in [5, 5.41) is 18.7. The molecule has 0 aliphatic carbocycles. The minimum absolute atomic E-state index is 0.0301. The van der Waals surface area contributed by atoms with Crippen molar-refractivity contribution in [2.24, 2.45) is 5.73 Å². The van der Waals surface area contributed by atoms with Crippen LogP contribution in [0.2, 0.25) is 0 Å². The number of hydrogen-bond acceptors (Lipinski definition) is 6. The van der Waals surface area contributed by atoms with Crippen LogP contribution in [0.25, 0.3) is 0 Å². The first-order valence-corrected chi connectivity index (χ1v) is 7.71. The number of aromatic nitrogens is 2. The second-order valence-corrected chi connectivity index (χ2v) is 5.25. The molecule has 1 aromatic rings. The van der Waals surface area contributed by atoms with Crippen LogP contribution in [0.5, 0.6) is 0 Å². The Kier molecular flexibility index (Phi) is 10.6. The zero-order valence-electron chi connectivity index (χ0n) is 15.0. The quantitative estimate of drug-likeness (QED) is 0.599. The van der Waals surface area contributed by atoms with Crippen LogP contribution in [-0.2, 0) is 32.0 Å². The van der Waals surface area contributed by atoms with Crippen molar-refractivity contribution in [2.75, 3.05) is 26.9 Å². The van der Waals surface area contributed by atoms with Crippen LogP contribution >= 0.6 is 0 Å². The van der Waals surface area contributed by atoms with E-state index < -0.39 is 24.3 Å². The number of hydrogen-bond donors (Lipinski definition) is 3. The maximum absolute atomic E-state index is 10.6. The first-order valence-electron chi connectivity index (χ1n) is 7.71. The van der Waals surface area contributed by atoms with Gasteiger partial charge in [-0.05, 0) is 12.0 Å². The summed E-state index contributed by atoms with van der Waals surface area (Å²) in [5.74, 6) is -5.51. The molecular formula is C14H19F6N3O6. The third-order valence-corrected chi connectivity index (χ3v) is 3.09. The number of fused-ring (bicyclic) bond motifs is 1. The Balaban J connectivity index is 0.000000473. The molecule has 0 radical (unpaired) electrons. The Morgan fingerprint density at radius 2 is 1.72 bits per heavy atom. The normalized spacial score (nSPS) is 15.9. The van der Waals surface area contributed by atoms with Gasteiger partial charge in [-0.1, -0.05) is 0 Å². The van der Waals surface area contributed by atoms with Crippen LogP contribution in [0.15, 0.2) is 6.20 Å². The van der Waals surface area contributed by atoms with Crippen LogP contribution in [-0.4, -0.2) is 71.2 Å². The summed E-state index contributed by atoms with van der Waals surface area (Å²) in [5.41, 5.74) is 7.89. The zero-order valence-corrected chi connectivity index (χ0v) is 15.0. The largest absolute Gasteiger partial charge is 0.490 e. The lowest BCUT2D eigenvalue weighted by molar-refractivity contribution is -0.193. The lowest BCUT2D eigenvalue weighted by atomic mass is 10.1. The highest BCUT2D eigenvalue weighted by Crippen LogP contribution is 2.24. The predicted molar refractivity (Wildman–Crippen MR) is 82.9 cm³/mol. The zero-order chi connectivity index (χ0) is 22.8. The van der Waals surface area contributed by atoms with Gasteiger partial charge in [-0.15, -0.1) is 0 Å². The molecule has 29 heavy (non-hydrogen) atoms. The molecule has 0 saturated carbocycles. The first-order chi connectivity index (χ1) is 13.2. The molecule has 1 aliphatic rings. The summed E-state index contributed by atoms with van der Waals surface area (Å²) in [4.78, 5) is 17.8. The highest BCUT2D eigenvalue weighted by atomic mass is 19.4. The van der Waals surface area contributed by atoms with Gasteiger partial charge in [0.05, 0.1) is 25.5 Å². The molecule has 9 nitrogen and oxygen atoms in total. The number of carboxylic acids is 2. The van der Waals surface area contributed by atoms with Gasteiger partial charge in [-0.25, -0.2) is 9.59 Å². The van der Waals surface area contributed by atoms with E-state index in [2.05, 4.69) is 11.3 Å². The molecule has 0 aromatic carbocycles. The van der Waals surface area contributed by atoms with Crippen LogP contribution in [0.4, 0.5) is 26.3 Å². The lowest BCUT2D eigenvalue weighted by Crippen LogP contribution is -2.22. The van der Waals surface area contributed by atoms with Gasteiger partial charge in [0.1, 0.15) is 6.10 Å². The van der Waals surface area contributed by atoms with Crippen LogP contribution < -0.4 is 5.73 Å². The molecule has 1 unspecified atom stereocenters. The van der Waals surface area contributed by atoms with E-state index in [1.165, 1.54) is 5.56 Å². The number of ether oxygens (including phenoxy) is 2. The number of methoxy groups -OCH3 is 1. The van der Waals surface area contributed by atoms with E-state index in [-0.39, 0.29) is 6.10 Å². The number of rotatable bonds is 4. The predicted octanol–water partition coefficient (Wildman–Crippen LogP) is 1.37. The van der Waals surface area contributed by atoms with E-state index >= 15 is 0 Å². The number of halogens is 6. The van der Waals surface area contributed by atoms with E-state index in [0.717, 1.165) is 25.3 Å². The van der Waals surface area contributed by atoms with E-state index in [1.807, 2.05) is 4.68 Å². The highest BCUT2D eigenvalue weighted by molar-refractivity contribution is 5.73. The molecule has 0 amide bonds. The molecule has 1 aliphatic heterocycles. The number of carboxylic acid groups (broad SMARTS) is 2. The fourth-order valence-electron chi connectivity index (χ4n) is 1.81. The Morgan fingerprint density at radius 3 is 2.10 bits per heavy atom. The molecule has 2 heterocycles. The smallest absolute Gasteiger partial charge is 0.475 e. The van der Waals surface area contributed by atoms with Crippen LogP contribution in [0.3, 0.4) is 0 Å². The third-order valence-electron chi connectivity index (χ3n) is 3.09. The number of nitrogens with zero attached hydrogens (tertiary/aromatic N) is 2. The molecule has 0 saturated heterocycles. The molecule has 2 rings (SSSR count). The standard InChI is InChI=1S/C10H17N3O2.2C2HF3O2/c1-14-5-3-13-7-8-2-4-15-9(6-11)10(8)12-13;2*3-2(4,5)1(6)7/h7,9H,2-6,11H2,1H3;2*(H,6,7). The third kappa shape index (κ3) is 10.1. The van der Waals surface area contributed by atoms with Gasteiger partial charge in [0.2, 0.25) is 0 Å². The average Bonchev–Trinajstić information content (AvgIpc) is 3.02. The minimum atomic E-state index is -5.08. The van der Waals surface area contributed by atoms with Crippen molar-refractivity contribution in [2.45, 2.75) is 31.4 Å². The Hall–Kier alpha value is -2.39. The summed E-state index contributed by atoms with van der Waals surface area (Å²) in [6, 6.07) is 0. The van der Waals surface area contributed by atoms with Gasteiger partial charge in [0, 0.05) is 19.9 Å². The Bertz CT molecular complexity index is 637. The van der Waals surface area contributed by atoms with Crippen molar-refractivity contribution >= 4 is 11.9 Å². The molecule has 1 atom stereocenters. The Morgan fingerprint density at radius 1 is 1.24 bits per heavy atom. The molecule has 0 bridgehead atoms. The second kappa shape index (κ2) is 11.6. The summed E-state index contributed by atoms with van der Waals surface area (Å²) < 4.78 is 75.9. The summed E-state index contributed by atoms with van der Waals surface area (Å²) in [6.45, 7) is 2.69. The SMILES string of the molecule is COCCn1cc2c(n1)C(CN)OCC2.O=C(O)C(F)(F)F.O=C(O)C(F)(F)F. The van der Waals surface area contributed by atoms with E-state index in [1.54, 1.807) is 7.11 Å². The molecule has 0 fully saturated rings. The van der Waals surface area contributed by atoms with Crippen molar-refractivity contribution in [3.8, 4) is 0 Å². The van der Waals surface area contributed by atoms with Gasteiger partial charge in [-0.3, -0.25) is 4.68 Å². The van der Waals surface area contributed by atoms with Crippen molar-refractivity contribution < 1.29 is 55.6 Å². The van der Waals surface area contributed by atoms with Gasteiger partial charge < -0.3 is 25.4 Å². The topological polar surface area (TPSA) is 137 Å². The van der Waals surface area contributed by atoms with Crippen molar-refractivity contribution in [1.82, 2.24) is 9.78 Å². The van der Waals surface area contributed by atoms with Gasteiger partial charge in [0.15, 0.2) is 0 Å². The molecule has 15 heteroatoms. The number of alkyl halides is 6. The van der Waals surface area contributed by atoms with Gasteiger partial charge >= 0.3 is 24.3 Å². The second-order valence-electron chi connectivity index (χ2n) is 5.25. The summed E-state index contributed by atoms with van der Waals surface area (Å²) in [7, 11) is 1.69. The van der Waals surface area contributed by atoms with E-state index in [0.29, 0.717) is 13.2 Å². The molecule has 168 valence electrons. The molecule has 1 aromatic heterocycles. The molecular weight excluding hydrogens is 420 g/mol. The number of carbonyl (C=O) groups is 2. The number of aliphatic carboxylic acids is 2. The van der Waals surface area contributed by atoms with Crippen LogP contribution in [0.1, 0.15) is 17.4 Å². The summed E-state index contributed by atoms with van der Waals surface area (Å²) in [6.07, 6.45) is -7.20. The van der Waals surface area contributed by atoms with Crippen molar-refractivity contribution in [3.05, 3.63) is 17.5 Å². The fraction of sp³-hybridized carbons (Fsp3) is 0.643. The molecule has 0 spiro atoms. The first kappa shape index (κ1) is 26.6. The Labute approximate surface area is 160 Å². The maximum atomic E-state index is 10.6.